The molecule has 0 saturated heterocycles. The van der Waals surface area contributed by atoms with Crippen molar-refractivity contribution >= 4 is 12.2 Å². The van der Waals surface area contributed by atoms with Crippen molar-refractivity contribution in [2.45, 2.75) is 19.3 Å². The Labute approximate surface area is 77.4 Å². The Morgan fingerprint density at radius 1 is 1.62 bits per heavy atom. The maximum Gasteiger partial charge on any atom is 0.215 e. The lowest BCUT2D eigenvalue weighted by atomic mass is 9.88. The number of nitrogens with zero attached hydrogens (tertiary/aromatic N) is 2. The van der Waals surface area contributed by atoms with Crippen LogP contribution < -0.4 is 4.90 Å². The number of hydrogen-bond acceptors (Lipinski definition) is 2. The van der Waals surface area contributed by atoms with E-state index in [1.54, 1.807) is 11.1 Å². The second-order valence-electron chi connectivity index (χ2n) is 3.99. The number of fused-ring (bicyclic) bond motifs is 1. The van der Waals surface area contributed by atoms with Gasteiger partial charge in [0.15, 0.2) is 0 Å². The third-order valence-electron chi connectivity index (χ3n) is 2.48. The van der Waals surface area contributed by atoms with Crippen LogP contribution in [-0.2, 0) is 10.2 Å². The fourth-order valence-electron chi connectivity index (χ4n) is 1.83. The number of pyridine rings is 1. The lowest BCUT2D eigenvalue weighted by molar-refractivity contribution is -0.107. The summed E-state index contributed by atoms with van der Waals surface area (Å²) in [5, 5.41) is 0. The van der Waals surface area contributed by atoms with Gasteiger partial charge in [-0.15, -0.1) is 0 Å². The molecule has 0 atom stereocenters. The summed E-state index contributed by atoms with van der Waals surface area (Å²) in [6, 6.07) is 3.95. The van der Waals surface area contributed by atoms with E-state index in [0.29, 0.717) is 0 Å². The maximum atomic E-state index is 10.7. The van der Waals surface area contributed by atoms with Gasteiger partial charge in [0.1, 0.15) is 5.82 Å². The highest BCUT2D eigenvalue weighted by Gasteiger charge is 2.35. The molecule has 0 spiro atoms. The Bertz CT molecular complexity index is 347. The summed E-state index contributed by atoms with van der Waals surface area (Å²) in [6.07, 6.45) is 2.57. The molecule has 0 radical (unpaired) electrons. The van der Waals surface area contributed by atoms with Gasteiger partial charge in [-0.25, -0.2) is 4.98 Å². The van der Waals surface area contributed by atoms with Crippen molar-refractivity contribution in [3.05, 3.63) is 23.9 Å². The number of rotatable bonds is 1. The van der Waals surface area contributed by atoms with E-state index in [0.717, 1.165) is 24.3 Å². The number of carbonyl (C=O) groups excluding carboxylic acids is 1. The predicted octanol–water partition coefficient (Wildman–Crippen LogP) is 1.34. The minimum absolute atomic E-state index is 0.0322. The minimum Gasteiger partial charge on any atom is -0.298 e. The van der Waals surface area contributed by atoms with E-state index in [9.17, 15) is 4.79 Å². The van der Waals surface area contributed by atoms with E-state index in [2.05, 4.69) is 18.8 Å². The van der Waals surface area contributed by atoms with Crippen LogP contribution in [0.4, 0.5) is 5.82 Å². The lowest BCUT2D eigenvalue weighted by Crippen LogP contribution is -2.27. The van der Waals surface area contributed by atoms with Gasteiger partial charge in [0.2, 0.25) is 6.41 Å². The molecule has 0 N–H and O–H groups in total. The number of hydrogen-bond donors (Lipinski definition) is 0. The highest BCUT2D eigenvalue weighted by Crippen LogP contribution is 2.37. The first kappa shape index (κ1) is 8.23. The molecule has 3 heteroatoms. The maximum absolute atomic E-state index is 10.7. The van der Waals surface area contributed by atoms with Crippen molar-refractivity contribution in [2.75, 3.05) is 11.4 Å². The molecule has 2 heterocycles. The number of amides is 1. The molecule has 1 aromatic heterocycles. The van der Waals surface area contributed by atoms with E-state index >= 15 is 0 Å². The second-order valence-corrected chi connectivity index (χ2v) is 3.99. The normalized spacial score (nSPS) is 18.5. The average molecular weight is 176 g/mol. The zero-order valence-corrected chi connectivity index (χ0v) is 7.82. The Hall–Kier alpha value is -1.38. The number of aromatic nitrogens is 1. The van der Waals surface area contributed by atoms with Crippen LogP contribution in [0.1, 0.15) is 19.4 Å². The second kappa shape index (κ2) is 2.55. The molecule has 0 fully saturated rings. The smallest absolute Gasteiger partial charge is 0.215 e. The topological polar surface area (TPSA) is 33.2 Å². The van der Waals surface area contributed by atoms with Gasteiger partial charge < -0.3 is 0 Å². The van der Waals surface area contributed by atoms with Gasteiger partial charge in [0.05, 0.1) is 0 Å². The van der Waals surface area contributed by atoms with Crippen molar-refractivity contribution in [2.24, 2.45) is 0 Å². The van der Waals surface area contributed by atoms with E-state index in [-0.39, 0.29) is 5.41 Å². The summed E-state index contributed by atoms with van der Waals surface area (Å²) >= 11 is 0. The largest absolute Gasteiger partial charge is 0.298 e. The molecule has 1 aliphatic rings. The van der Waals surface area contributed by atoms with E-state index < -0.39 is 0 Å². The minimum atomic E-state index is 0.0322. The Morgan fingerprint density at radius 2 is 2.38 bits per heavy atom. The first-order valence-electron chi connectivity index (χ1n) is 4.32. The predicted molar refractivity (Wildman–Crippen MR) is 50.7 cm³/mol. The molecule has 3 nitrogen and oxygen atoms in total. The molecule has 0 bridgehead atoms. The van der Waals surface area contributed by atoms with Crippen LogP contribution in [-0.4, -0.2) is 17.9 Å². The first-order valence-corrected chi connectivity index (χ1v) is 4.32. The molecular formula is C10H12N2O. The summed E-state index contributed by atoms with van der Waals surface area (Å²) in [5.41, 5.74) is 1.19. The van der Waals surface area contributed by atoms with Gasteiger partial charge in [0, 0.05) is 23.7 Å². The van der Waals surface area contributed by atoms with Crippen molar-refractivity contribution in [1.82, 2.24) is 4.98 Å². The van der Waals surface area contributed by atoms with Crippen molar-refractivity contribution < 1.29 is 4.79 Å². The highest BCUT2D eigenvalue weighted by molar-refractivity contribution is 5.78. The van der Waals surface area contributed by atoms with Crippen molar-refractivity contribution in [3.63, 3.8) is 0 Å². The van der Waals surface area contributed by atoms with Crippen LogP contribution >= 0.6 is 0 Å². The highest BCUT2D eigenvalue weighted by atomic mass is 16.1. The summed E-state index contributed by atoms with van der Waals surface area (Å²) in [4.78, 5) is 16.6. The average Bonchev–Trinajstić information content (AvgIpc) is 2.39. The molecule has 2 rings (SSSR count). The Morgan fingerprint density at radius 3 is 3.08 bits per heavy atom. The molecule has 13 heavy (non-hydrogen) atoms. The summed E-state index contributed by atoms with van der Waals surface area (Å²) in [6.45, 7) is 4.97. The van der Waals surface area contributed by atoms with Gasteiger partial charge in [-0.05, 0) is 6.07 Å². The van der Waals surface area contributed by atoms with Crippen LogP contribution in [0.2, 0.25) is 0 Å². The van der Waals surface area contributed by atoms with Crippen molar-refractivity contribution in [3.8, 4) is 0 Å². The van der Waals surface area contributed by atoms with Crippen LogP contribution in [0.15, 0.2) is 18.3 Å². The van der Waals surface area contributed by atoms with Crippen LogP contribution in [0.3, 0.4) is 0 Å². The fraction of sp³-hybridized carbons (Fsp3) is 0.400. The molecule has 68 valence electrons. The molecule has 1 amide bonds. The molecule has 0 unspecified atom stereocenters. The SMILES string of the molecule is CC1(C)CN(C=O)c2ncccc21. The molecule has 0 aromatic carbocycles. The van der Waals surface area contributed by atoms with Crippen LogP contribution in [0.25, 0.3) is 0 Å². The molecule has 1 aliphatic heterocycles. The quantitative estimate of drug-likeness (QED) is 0.605. The molecule has 0 aliphatic carbocycles. The van der Waals surface area contributed by atoms with Crippen LogP contribution in [0.5, 0.6) is 0 Å². The summed E-state index contributed by atoms with van der Waals surface area (Å²) in [5.74, 6) is 0.808. The standard InChI is InChI=1S/C10H12N2O/c1-10(2)6-12(7-13)9-8(10)4-3-5-11-9/h3-5,7H,6H2,1-2H3. The Balaban J connectivity index is 2.56. The first-order chi connectivity index (χ1) is 6.15. The summed E-state index contributed by atoms with van der Waals surface area (Å²) in [7, 11) is 0. The zero-order valence-electron chi connectivity index (χ0n) is 7.82. The van der Waals surface area contributed by atoms with E-state index in [4.69, 9.17) is 0 Å². The number of anilines is 1. The lowest BCUT2D eigenvalue weighted by Gasteiger charge is -2.17. The van der Waals surface area contributed by atoms with E-state index in [1.807, 2.05) is 12.1 Å². The Kier molecular flexibility index (Phi) is 1.62. The monoisotopic (exact) mass is 176 g/mol. The summed E-state index contributed by atoms with van der Waals surface area (Å²) < 4.78 is 0. The van der Waals surface area contributed by atoms with E-state index in [1.165, 1.54) is 0 Å². The van der Waals surface area contributed by atoms with Gasteiger partial charge in [-0.3, -0.25) is 9.69 Å². The van der Waals surface area contributed by atoms with Crippen LogP contribution in [0, 0.1) is 0 Å². The number of carbonyl (C=O) groups is 1. The fourth-order valence-corrected chi connectivity index (χ4v) is 1.83. The molecule has 0 saturated carbocycles. The molecular weight excluding hydrogens is 164 g/mol. The van der Waals surface area contributed by atoms with Gasteiger partial charge >= 0.3 is 0 Å². The van der Waals surface area contributed by atoms with Gasteiger partial charge in [-0.2, -0.15) is 0 Å². The van der Waals surface area contributed by atoms with Gasteiger partial charge in [0.25, 0.3) is 0 Å². The van der Waals surface area contributed by atoms with Crippen molar-refractivity contribution in [1.29, 1.82) is 0 Å². The molecule has 1 aromatic rings. The third-order valence-corrected chi connectivity index (χ3v) is 2.48. The third kappa shape index (κ3) is 1.11. The van der Waals surface area contributed by atoms with Gasteiger partial charge in [-0.1, -0.05) is 19.9 Å². The zero-order chi connectivity index (χ0) is 9.47.